The van der Waals surface area contributed by atoms with Crippen LogP contribution in [0, 0.1) is 22.9 Å². The number of oxazole rings is 1. The van der Waals surface area contributed by atoms with Crippen LogP contribution in [0.25, 0.3) is 11.5 Å². The average molecular weight is 328 g/mol. The van der Waals surface area contributed by atoms with Crippen LogP contribution >= 0.6 is 0 Å². The van der Waals surface area contributed by atoms with Crippen molar-refractivity contribution < 1.29 is 18.5 Å². The molecule has 3 rings (SSSR count). The first-order valence-electron chi connectivity index (χ1n) is 7.11. The Kier molecular flexibility index (Phi) is 4.24. The number of nitrogens with zero attached hydrogens (tertiary/aromatic N) is 2. The smallest absolute Gasteiger partial charge is 0.272 e. The maximum atomic E-state index is 13.2. The molecule has 0 radical (unpaired) electrons. The molecule has 0 aliphatic rings. The van der Waals surface area contributed by atoms with Crippen LogP contribution in [0.4, 0.5) is 10.1 Å². The van der Waals surface area contributed by atoms with Gasteiger partial charge in [0.2, 0.25) is 5.89 Å². The topological polar surface area (TPSA) is 78.4 Å². The first kappa shape index (κ1) is 15.7. The fourth-order valence-electron chi connectivity index (χ4n) is 2.21. The number of ether oxygens (including phenoxy) is 1. The lowest BCUT2D eigenvalue weighted by Gasteiger charge is -2.05. The molecule has 2 aromatic carbocycles. The molecule has 0 saturated carbocycles. The number of aryl methyl sites for hydroxylation is 1. The monoisotopic (exact) mass is 328 g/mol. The molecule has 1 aromatic heterocycles. The molecule has 0 amide bonds. The average Bonchev–Trinajstić information content (AvgIpc) is 3.01. The number of benzene rings is 2. The second-order valence-electron chi connectivity index (χ2n) is 5.15. The van der Waals surface area contributed by atoms with E-state index in [1.54, 1.807) is 25.1 Å². The third-order valence-corrected chi connectivity index (χ3v) is 3.37. The Balaban J connectivity index is 1.70. The van der Waals surface area contributed by atoms with E-state index in [9.17, 15) is 14.5 Å². The molecule has 3 aromatic rings. The summed E-state index contributed by atoms with van der Waals surface area (Å²) in [5.41, 5.74) is 1.62. The number of hydrogen-bond donors (Lipinski definition) is 0. The van der Waals surface area contributed by atoms with Crippen LogP contribution in [0.1, 0.15) is 11.3 Å². The van der Waals surface area contributed by atoms with E-state index in [2.05, 4.69) is 4.98 Å². The molecular weight excluding hydrogens is 315 g/mol. The van der Waals surface area contributed by atoms with E-state index in [-0.39, 0.29) is 18.1 Å². The van der Waals surface area contributed by atoms with Crippen molar-refractivity contribution in [3.05, 3.63) is 75.9 Å². The molecule has 122 valence electrons. The third kappa shape index (κ3) is 3.40. The van der Waals surface area contributed by atoms with E-state index in [1.165, 1.54) is 30.5 Å². The number of rotatable bonds is 5. The lowest BCUT2D eigenvalue weighted by atomic mass is 10.2. The fraction of sp³-hybridized carbons (Fsp3) is 0.118. The van der Waals surface area contributed by atoms with Gasteiger partial charge in [0.25, 0.3) is 5.69 Å². The molecule has 0 bridgehead atoms. The second kappa shape index (κ2) is 6.49. The minimum Gasteiger partial charge on any atom is -0.487 e. The summed E-state index contributed by atoms with van der Waals surface area (Å²) in [5.74, 6) is 0.422. The normalized spacial score (nSPS) is 10.6. The van der Waals surface area contributed by atoms with Gasteiger partial charge in [0.05, 0.1) is 4.92 Å². The molecule has 24 heavy (non-hydrogen) atoms. The van der Waals surface area contributed by atoms with Gasteiger partial charge in [0.1, 0.15) is 30.1 Å². The van der Waals surface area contributed by atoms with E-state index >= 15 is 0 Å². The van der Waals surface area contributed by atoms with Gasteiger partial charge in [-0.1, -0.05) is 6.07 Å². The maximum absolute atomic E-state index is 13.2. The van der Waals surface area contributed by atoms with Crippen LogP contribution < -0.4 is 4.74 Å². The number of nitro groups is 1. The Morgan fingerprint density at radius 1 is 1.29 bits per heavy atom. The lowest BCUT2D eigenvalue weighted by molar-refractivity contribution is -0.385. The number of nitro benzene ring substituents is 1. The SMILES string of the molecule is Cc1cc(OCc2coc(-c3cccc(F)c3)n2)ccc1[N+](=O)[O-]. The van der Waals surface area contributed by atoms with Gasteiger partial charge in [-0.05, 0) is 37.3 Å². The molecular formula is C17H13FN2O4. The standard InChI is InChI=1S/C17H13FN2O4/c1-11-7-15(5-6-16(11)20(21)22)23-9-14-10-24-17(19-14)12-3-2-4-13(18)8-12/h2-8,10H,9H2,1H3. The van der Waals surface area contributed by atoms with E-state index in [0.717, 1.165) is 0 Å². The Hall–Kier alpha value is -3.22. The first-order chi connectivity index (χ1) is 11.5. The zero-order valence-electron chi connectivity index (χ0n) is 12.7. The predicted molar refractivity (Wildman–Crippen MR) is 84.1 cm³/mol. The van der Waals surface area contributed by atoms with Gasteiger partial charge in [0, 0.05) is 17.2 Å². The van der Waals surface area contributed by atoms with Crippen LogP contribution in [-0.2, 0) is 6.61 Å². The second-order valence-corrected chi connectivity index (χ2v) is 5.15. The molecule has 1 heterocycles. The molecule has 0 fully saturated rings. The van der Waals surface area contributed by atoms with Gasteiger partial charge >= 0.3 is 0 Å². The molecule has 6 nitrogen and oxygen atoms in total. The van der Waals surface area contributed by atoms with Gasteiger partial charge < -0.3 is 9.15 Å². The van der Waals surface area contributed by atoms with Crippen molar-refractivity contribution in [2.75, 3.05) is 0 Å². The summed E-state index contributed by atoms with van der Waals surface area (Å²) in [7, 11) is 0. The quantitative estimate of drug-likeness (QED) is 0.516. The summed E-state index contributed by atoms with van der Waals surface area (Å²) in [6, 6.07) is 10.4. The van der Waals surface area contributed by atoms with E-state index in [0.29, 0.717) is 28.5 Å². The van der Waals surface area contributed by atoms with Crippen LogP contribution in [-0.4, -0.2) is 9.91 Å². The predicted octanol–water partition coefficient (Wildman–Crippen LogP) is 4.28. The van der Waals surface area contributed by atoms with Gasteiger partial charge in [-0.25, -0.2) is 9.37 Å². The highest BCUT2D eigenvalue weighted by Crippen LogP contribution is 2.24. The zero-order chi connectivity index (χ0) is 17.1. The maximum Gasteiger partial charge on any atom is 0.272 e. The molecule has 0 saturated heterocycles. The van der Waals surface area contributed by atoms with E-state index in [1.807, 2.05) is 0 Å². The molecule has 0 N–H and O–H groups in total. The Morgan fingerprint density at radius 2 is 2.12 bits per heavy atom. The van der Waals surface area contributed by atoms with Crippen LogP contribution in [0.2, 0.25) is 0 Å². The Labute approximate surface area is 136 Å². The van der Waals surface area contributed by atoms with Crippen molar-refractivity contribution in [2.24, 2.45) is 0 Å². The van der Waals surface area contributed by atoms with Gasteiger partial charge in [0.15, 0.2) is 0 Å². The highest BCUT2D eigenvalue weighted by atomic mass is 19.1. The minimum absolute atomic E-state index is 0.0391. The summed E-state index contributed by atoms with van der Waals surface area (Å²) >= 11 is 0. The first-order valence-corrected chi connectivity index (χ1v) is 7.11. The van der Waals surface area contributed by atoms with Crippen molar-refractivity contribution in [1.29, 1.82) is 0 Å². The van der Waals surface area contributed by atoms with Crippen molar-refractivity contribution in [3.8, 4) is 17.2 Å². The van der Waals surface area contributed by atoms with Crippen molar-refractivity contribution in [1.82, 2.24) is 4.98 Å². The summed E-state index contributed by atoms with van der Waals surface area (Å²) in [4.78, 5) is 14.6. The molecule has 0 unspecified atom stereocenters. The minimum atomic E-state index is -0.442. The van der Waals surface area contributed by atoms with Crippen molar-refractivity contribution >= 4 is 5.69 Å². The van der Waals surface area contributed by atoms with Crippen LogP contribution in [0.5, 0.6) is 5.75 Å². The summed E-state index contributed by atoms with van der Waals surface area (Å²) < 4.78 is 24.1. The number of hydrogen-bond acceptors (Lipinski definition) is 5. The summed E-state index contributed by atoms with van der Waals surface area (Å²) in [6.45, 7) is 1.78. The highest BCUT2D eigenvalue weighted by molar-refractivity contribution is 5.53. The van der Waals surface area contributed by atoms with Gasteiger partial charge in [-0.3, -0.25) is 10.1 Å². The molecule has 0 atom stereocenters. The highest BCUT2D eigenvalue weighted by Gasteiger charge is 2.12. The zero-order valence-corrected chi connectivity index (χ0v) is 12.7. The molecule has 0 aliphatic heterocycles. The Morgan fingerprint density at radius 3 is 2.83 bits per heavy atom. The van der Waals surface area contributed by atoms with Crippen molar-refractivity contribution in [2.45, 2.75) is 13.5 Å². The number of halogens is 1. The fourth-order valence-corrected chi connectivity index (χ4v) is 2.21. The summed E-state index contributed by atoms with van der Waals surface area (Å²) in [6.07, 6.45) is 1.43. The van der Waals surface area contributed by atoms with E-state index < -0.39 is 4.92 Å². The molecule has 7 heteroatoms. The van der Waals surface area contributed by atoms with E-state index in [4.69, 9.17) is 9.15 Å². The molecule has 0 aliphatic carbocycles. The van der Waals surface area contributed by atoms with Crippen molar-refractivity contribution in [3.63, 3.8) is 0 Å². The van der Waals surface area contributed by atoms with Gasteiger partial charge in [-0.2, -0.15) is 0 Å². The van der Waals surface area contributed by atoms with Crippen LogP contribution in [0.3, 0.4) is 0 Å². The summed E-state index contributed by atoms with van der Waals surface area (Å²) in [5, 5.41) is 10.8. The lowest BCUT2D eigenvalue weighted by Crippen LogP contribution is -1.97. The van der Waals surface area contributed by atoms with Gasteiger partial charge in [-0.15, -0.1) is 0 Å². The van der Waals surface area contributed by atoms with Crippen LogP contribution in [0.15, 0.2) is 53.1 Å². The largest absolute Gasteiger partial charge is 0.487 e. The number of aromatic nitrogens is 1. The third-order valence-electron chi connectivity index (χ3n) is 3.37. The molecule has 0 spiro atoms. The Bertz CT molecular complexity index is 892.